The van der Waals surface area contributed by atoms with Crippen molar-refractivity contribution in [3.8, 4) is 0 Å². The Morgan fingerprint density at radius 2 is 1.67 bits per heavy atom. The molecule has 21 heavy (non-hydrogen) atoms. The molecular weight excluding hydrogens is 272 g/mol. The molecule has 2 nitrogen and oxygen atoms in total. The van der Waals surface area contributed by atoms with Crippen molar-refractivity contribution in [1.29, 1.82) is 0 Å². The van der Waals surface area contributed by atoms with Gasteiger partial charge in [0, 0.05) is 12.7 Å². The second kappa shape index (κ2) is 6.04. The number of ketones is 1. The maximum atomic E-state index is 13.6. The van der Waals surface area contributed by atoms with Gasteiger partial charge in [0.25, 0.3) is 0 Å². The van der Waals surface area contributed by atoms with E-state index in [9.17, 15) is 13.6 Å². The molecule has 0 aliphatic carbocycles. The van der Waals surface area contributed by atoms with Crippen LogP contribution in [0.15, 0.2) is 36.4 Å². The van der Waals surface area contributed by atoms with Gasteiger partial charge in [0.15, 0.2) is 5.78 Å². The molecule has 2 aromatic carbocycles. The average molecular weight is 289 g/mol. The van der Waals surface area contributed by atoms with Crippen molar-refractivity contribution in [2.75, 3.05) is 18.5 Å². The summed E-state index contributed by atoms with van der Waals surface area (Å²) in [7, 11) is 1.75. The van der Waals surface area contributed by atoms with Crippen LogP contribution in [0, 0.1) is 25.5 Å². The van der Waals surface area contributed by atoms with Crippen molar-refractivity contribution in [3.05, 3.63) is 64.7 Å². The van der Waals surface area contributed by atoms with Gasteiger partial charge in [-0.1, -0.05) is 6.07 Å². The van der Waals surface area contributed by atoms with Crippen molar-refractivity contribution in [2.45, 2.75) is 13.8 Å². The number of aryl methyl sites for hydroxylation is 2. The third kappa shape index (κ3) is 3.66. The molecular formula is C17H17F2NO. The van der Waals surface area contributed by atoms with Gasteiger partial charge >= 0.3 is 0 Å². The Labute approximate surface area is 123 Å². The number of anilines is 1. The van der Waals surface area contributed by atoms with E-state index in [1.54, 1.807) is 11.9 Å². The van der Waals surface area contributed by atoms with Gasteiger partial charge in [-0.05, 0) is 55.3 Å². The highest BCUT2D eigenvalue weighted by Gasteiger charge is 2.15. The minimum absolute atomic E-state index is 0.0106. The fourth-order valence-electron chi connectivity index (χ4n) is 2.27. The molecule has 0 N–H and O–H groups in total. The topological polar surface area (TPSA) is 20.3 Å². The number of Topliss-reactive ketones (excluding diaryl/α,β-unsaturated/α-hetero) is 1. The molecule has 0 fully saturated rings. The second-order valence-electron chi connectivity index (χ2n) is 5.25. The van der Waals surface area contributed by atoms with Crippen LogP contribution < -0.4 is 4.90 Å². The number of rotatable bonds is 4. The number of hydrogen-bond acceptors (Lipinski definition) is 2. The molecule has 0 bridgehead atoms. The summed E-state index contributed by atoms with van der Waals surface area (Å²) >= 11 is 0. The lowest BCUT2D eigenvalue weighted by Crippen LogP contribution is -2.26. The summed E-state index contributed by atoms with van der Waals surface area (Å²) in [5, 5.41) is 0. The third-order valence-electron chi connectivity index (χ3n) is 3.26. The summed E-state index contributed by atoms with van der Waals surface area (Å²) in [4.78, 5) is 13.9. The minimum Gasteiger partial charge on any atom is -0.367 e. The van der Waals surface area contributed by atoms with Gasteiger partial charge in [-0.2, -0.15) is 0 Å². The smallest absolute Gasteiger partial charge is 0.185 e. The van der Waals surface area contributed by atoms with E-state index < -0.39 is 17.4 Å². The van der Waals surface area contributed by atoms with Gasteiger partial charge in [0.05, 0.1) is 12.1 Å². The number of likely N-dealkylation sites (N-methyl/N-ethyl adjacent to an activating group) is 1. The number of hydrogen-bond donors (Lipinski definition) is 0. The number of carbonyl (C=O) groups is 1. The molecule has 0 amide bonds. The van der Waals surface area contributed by atoms with Gasteiger partial charge in [0.2, 0.25) is 0 Å². The SMILES string of the molecule is Cc1cc(C)cc(N(C)CC(=O)c2cc(F)ccc2F)c1. The highest BCUT2D eigenvalue weighted by molar-refractivity contribution is 5.99. The third-order valence-corrected chi connectivity index (χ3v) is 3.26. The maximum Gasteiger partial charge on any atom is 0.185 e. The molecule has 0 atom stereocenters. The van der Waals surface area contributed by atoms with Crippen LogP contribution in [0.2, 0.25) is 0 Å². The van der Waals surface area contributed by atoms with Crippen LogP contribution in [-0.4, -0.2) is 19.4 Å². The Morgan fingerprint density at radius 1 is 1.05 bits per heavy atom. The molecule has 0 spiro atoms. The summed E-state index contributed by atoms with van der Waals surface area (Å²) in [5.74, 6) is -1.77. The molecule has 0 saturated carbocycles. The molecule has 0 unspecified atom stereocenters. The second-order valence-corrected chi connectivity index (χ2v) is 5.25. The Bertz CT molecular complexity index is 662. The van der Waals surface area contributed by atoms with E-state index in [1.807, 2.05) is 32.0 Å². The monoisotopic (exact) mass is 289 g/mol. The summed E-state index contributed by atoms with van der Waals surface area (Å²) in [6, 6.07) is 8.84. The van der Waals surface area contributed by atoms with E-state index in [0.717, 1.165) is 35.0 Å². The number of nitrogens with zero attached hydrogens (tertiary/aromatic N) is 1. The van der Waals surface area contributed by atoms with Gasteiger partial charge in [-0.25, -0.2) is 8.78 Å². The zero-order chi connectivity index (χ0) is 15.6. The largest absolute Gasteiger partial charge is 0.367 e. The fourth-order valence-corrected chi connectivity index (χ4v) is 2.27. The quantitative estimate of drug-likeness (QED) is 0.796. The van der Waals surface area contributed by atoms with Crippen LogP contribution >= 0.6 is 0 Å². The summed E-state index contributed by atoms with van der Waals surface area (Å²) in [5.41, 5.74) is 2.83. The van der Waals surface area contributed by atoms with Crippen molar-refractivity contribution < 1.29 is 13.6 Å². The Morgan fingerprint density at radius 3 is 2.29 bits per heavy atom. The first kappa shape index (κ1) is 15.2. The Hall–Kier alpha value is -2.23. The van der Waals surface area contributed by atoms with E-state index >= 15 is 0 Å². The number of halogens is 2. The standard InChI is InChI=1S/C17H17F2NO/c1-11-6-12(2)8-14(7-11)20(3)10-17(21)15-9-13(18)4-5-16(15)19/h4-9H,10H2,1-3H3. The van der Waals surface area contributed by atoms with E-state index in [-0.39, 0.29) is 12.1 Å². The highest BCUT2D eigenvalue weighted by atomic mass is 19.1. The molecule has 2 aromatic rings. The van der Waals surface area contributed by atoms with Crippen LogP contribution in [0.3, 0.4) is 0 Å². The maximum absolute atomic E-state index is 13.6. The van der Waals surface area contributed by atoms with Gasteiger partial charge in [-0.3, -0.25) is 4.79 Å². The first-order chi connectivity index (χ1) is 9.86. The van der Waals surface area contributed by atoms with Gasteiger partial charge in [0.1, 0.15) is 11.6 Å². The molecule has 0 heterocycles. The molecule has 4 heteroatoms. The molecule has 0 saturated heterocycles. The predicted octanol–water partition coefficient (Wildman–Crippen LogP) is 3.90. The number of carbonyl (C=O) groups excluding carboxylic acids is 1. The Kier molecular flexibility index (Phi) is 4.36. The van der Waals surface area contributed by atoms with Crippen molar-refractivity contribution in [3.63, 3.8) is 0 Å². The van der Waals surface area contributed by atoms with Crippen molar-refractivity contribution in [2.24, 2.45) is 0 Å². The fraction of sp³-hybridized carbons (Fsp3) is 0.235. The summed E-state index contributed by atoms with van der Waals surface area (Å²) in [6.07, 6.45) is 0. The first-order valence-electron chi connectivity index (χ1n) is 6.64. The minimum atomic E-state index is -0.699. The normalized spacial score (nSPS) is 10.5. The molecule has 0 aromatic heterocycles. The van der Waals surface area contributed by atoms with Crippen LogP contribution in [0.1, 0.15) is 21.5 Å². The van der Waals surface area contributed by atoms with Crippen LogP contribution in [0.5, 0.6) is 0 Å². The lowest BCUT2D eigenvalue weighted by Gasteiger charge is -2.20. The predicted molar refractivity (Wildman–Crippen MR) is 79.9 cm³/mol. The summed E-state index contributed by atoms with van der Waals surface area (Å²) in [6.45, 7) is 3.93. The lowest BCUT2D eigenvalue weighted by atomic mass is 10.1. The average Bonchev–Trinajstić information content (AvgIpc) is 2.40. The molecule has 0 radical (unpaired) electrons. The molecule has 2 rings (SSSR count). The van der Waals surface area contributed by atoms with E-state index in [4.69, 9.17) is 0 Å². The van der Waals surface area contributed by atoms with E-state index in [0.29, 0.717) is 0 Å². The number of benzene rings is 2. The molecule has 0 aliphatic rings. The van der Waals surface area contributed by atoms with E-state index in [2.05, 4.69) is 0 Å². The van der Waals surface area contributed by atoms with Gasteiger partial charge < -0.3 is 4.90 Å². The van der Waals surface area contributed by atoms with Crippen LogP contribution in [0.4, 0.5) is 14.5 Å². The first-order valence-corrected chi connectivity index (χ1v) is 6.64. The van der Waals surface area contributed by atoms with Crippen molar-refractivity contribution >= 4 is 11.5 Å². The molecule has 110 valence electrons. The summed E-state index contributed by atoms with van der Waals surface area (Å²) < 4.78 is 26.7. The highest BCUT2D eigenvalue weighted by Crippen LogP contribution is 2.18. The lowest BCUT2D eigenvalue weighted by molar-refractivity contribution is 0.0996. The Balaban J connectivity index is 2.20. The van der Waals surface area contributed by atoms with E-state index in [1.165, 1.54) is 0 Å². The zero-order valence-corrected chi connectivity index (χ0v) is 12.3. The van der Waals surface area contributed by atoms with Crippen molar-refractivity contribution in [1.82, 2.24) is 0 Å². The zero-order valence-electron chi connectivity index (χ0n) is 12.3. The van der Waals surface area contributed by atoms with Crippen LogP contribution in [-0.2, 0) is 0 Å². The van der Waals surface area contributed by atoms with Crippen LogP contribution in [0.25, 0.3) is 0 Å². The van der Waals surface area contributed by atoms with Gasteiger partial charge in [-0.15, -0.1) is 0 Å². The molecule has 0 aliphatic heterocycles.